The molecule has 2 bridgehead atoms. The summed E-state index contributed by atoms with van der Waals surface area (Å²) in [6.07, 6.45) is 11.1. The number of carbonyl (C=O) groups is 1. The van der Waals surface area contributed by atoms with E-state index in [-0.39, 0.29) is 17.9 Å². The molecule has 0 radical (unpaired) electrons. The van der Waals surface area contributed by atoms with Gasteiger partial charge in [0.2, 0.25) is 5.91 Å². The predicted octanol–water partition coefficient (Wildman–Crippen LogP) is 3.03. The van der Waals surface area contributed by atoms with Gasteiger partial charge in [-0.1, -0.05) is 42.5 Å². The monoisotopic (exact) mass is 321 g/mol. The molecule has 2 aliphatic carbocycles. The highest BCUT2D eigenvalue weighted by molar-refractivity contribution is 5.80. The molecule has 1 N–H and O–H groups in total. The lowest BCUT2D eigenvalue weighted by Gasteiger charge is -2.24. The summed E-state index contributed by atoms with van der Waals surface area (Å²) in [5.41, 5.74) is 1.13. The molecular weight excluding hydrogens is 298 g/mol. The van der Waals surface area contributed by atoms with E-state index in [2.05, 4.69) is 34.6 Å². The van der Waals surface area contributed by atoms with Crippen LogP contribution in [0.25, 0.3) is 0 Å². The highest BCUT2D eigenvalue weighted by atomic mass is 16.2. The van der Waals surface area contributed by atoms with Gasteiger partial charge in [-0.15, -0.1) is 0 Å². The molecule has 4 rings (SSSR count). The van der Waals surface area contributed by atoms with E-state index in [1.54, 1.807) is 6.20 Å². The molecule has 124 valence electrons. The molecule has 1 aromatic carbocycles. The van der Waals surface area contributed by atoms with Gasteiger partial charge in [-0.05, 0) is 30.2 Å². The Hall–Kier alpha value is -2.36. The Balaban J connectivity index is 1.53. The summed E-state index contributed by atoms with van der Waals surface area (Å²) in [6, 6.07) is 10.2. The lowest BCUT2D eigenvalue weighted by atomic mass is 9.92. The molecular formula is C20H23N3O. The molecule has 4 atom stereocenters. The number of carbonyl (C=O) groups excluding carboxylic acids is 1. The Kier molecular flexibility index (Phi) is 3.97. The van der Waals surface area contributed by atoms with Gasteiger partial charge in [-0.3, -0.25) is 4.79 Å². The van der Waals surface area contributed by atoms with Crippen molar-refractivity contribution in [2.45, 2.75) is 25.3 Å². The molecule has 1 fully saturated rings. The molecule has 1 aromatic heterocycles. The highest BCUT2D eigenvalue weighted by Gasteiger charge is 2.40. The van der Waals surface area contributed by atoms with E-state index in [1.807, 2.05) is 36.0 Å². The number of nitrogens with one attached hydrogen (secondary N) is 1. The van der Waals surface area contributed by atoms with Gasteiger partial charge in [0.25, 0.3) is 0 Å². The summed E-state index contributed by atoms with van der Waals surface area (Å²) in [5, 5.41) is 3.30. The minimum Gasteiger partial charge on any atom is -0.349 e. The second-order valence-corrected chi connectivity index (χ2v) is 7.02. The number of benzene rings is 1. The summed E-state index contributed by atoms with van der Waals surface area (Å²) in [6.45, 7) is 0. The molecule has 1 amide bonds. The fraction of sp³-hybridized carbons (Fsp3) is 0.400. The van der Waals surface area contributed by atoms with E-state index in [1.165, 1.54) is 0 Å². The second kappa shape index (κ2) is 6.27. The fourth-order valence-corrected chi connectivity index (χ4v) is 4.07. The SMILES string of the molecule is Cn1ccnc1C[C@H](NC(=O)[C@H]1C[C@H]2C=C[C@H]1C2)c1ccccc1. The summed E-state index contributed by atoms with van der Waals surface area (Å²) >= 11 is 0. The van der Waals surface area contributed by atoms with Crippen molar-refractivity contribution < 1.29 is 4.79 Å². The Bertz CT molecular complexity index is 749. The highest BCUT2D eigenvalue weighted by Crippen LogP contribution is 2.43. The van der Waals surface area contributed by atoms with Crippen molar-refractivity contribution in [3.05, 3.63) is 66.3 Å². The van der Waals surface area contributed by atoms with Crippen molar-refractivity contribution in [2.75, 3.05) is 0 Å². The van der Waals surface area contributed by atoms with Crippen LogP contribution in [0.1, 0.15) is 30.3 Å². The maximum absolute atomic E-state index is 12.9. The number of hydrogen-bond acceptors (Lipinski definition) is 2. The van der Waals surface area contributed by atoms with Crippen LogP contribution >= 0.6 is 0 Å². The van der Waals surface area contributed by atoms with Gasteiger partial charge >= 0.3 is 0 Å². The fourth-order valence-electron chi connectivity index (χ4n) is 4.07. The Morgan fingerprint density at radius 1 is 1.29 bits per heavy atom. The van der Waals surface area contributed by atoms with Crippen molar-refractivity contribution in [2.24, 2.45) is 24.8 Å². The van der Waals surface area contributed by atoms with Crippen molar-refractivity contribution >= 4 is 5.91 Å². The third kappa shape index (κ3) is 2.88. The number of nitrogens with zero attached hydrogens (tertiary/aromatic N) is 2. The third-order valence-electron chi connectivity index (χ3n) is 5.44. The first kappa shape index (κ1) is 15.2. The second-order valence-electron chi connectivity index (χ2n) is 7.02. The third-order valence-corrected chi connectivity index (χ3v) is 5.44. The van der Waals surface area contributed by atoms with Gasteiger partial charge in [-0.2, -0.15) is 0 Å². The van der Waals surface area contributed by atoms with Crippen molar-refractivity contribution in [3.63, 3.8) is 0 Å². The van der Waals surface area contributed by atoms with E-state index in [0.29, 0.717) is 18.3 Å². The van der Waals surface area contributed by atoms with Gasteiger partial charge < -0.3 is 9.88 Å². The van der Waals surface area contributed by atoms with Crippen LogP contribution in [0.2, 0.25) is 0 Å². The minimum absolute atomic E-state index is 0.0390. The van der Waals surface area contributed by atoms with Gasteiger partial charge in [0.15, 0.2) is 0 Å². The van der Waals surface area contributed by atoms with Crippen LogP contribution in [0.3, 0.4) is 0 Å². The summed E-state index contributed by atoms with van der Waals surface area (Å²) in [7, 11) is 1.99. The van der Waals surface area contributed by atoms with Crippen molar-refractivity contribution in [3.8, 4) is 0 Å². The summed E-state index contributed by atoms with van der Waals surface area (Å²) in [5.74, 6) is 2.34. The normalized spacial score (nSPS) is 25.8. The molecule has 4 heteroatoms. The first-order valence-electron chi connectivity index (χ1n) is 8.70. The number of aryl methyl sites for hydroxylation is 1. The number of imidazole rings is 1. The Morgan fingerprint density at radius 3 is 2.75 bits per heavy atom. The maximum Gasteiger partial charge on any atom is 0.224 e. The number of amides is 1. The Labute approximate surface area is 142 Å². The van der Waals surface area contributed by atoms with E-state index >= 15 is 0 Å². The van der Waals surface area contributed by atoms with Gasteiger partial charge in [0.05, 0.1) is 6.04 Å². The molecule has 0 spiro atoms. The topological polar surface area (TPSA) is 46.9 Å². The Morgan fingerprint density at radius 2 is 2.12 bits per heavy atom. The quantitative estimate of drug-likeness (QED) is 0.861. The van der Waals surface area contributed by atoms with Crippen LogP contribution < -0.4 is 5.32 Å². The van der Waals surface area contributed by atoms with Gasteiger partial charge in [0, 0.05) is 31.8 Å². The van der Waals surface area contributed by atoms with Crippen LogP contribution in [0.5, 0.6) is 0 Å². The average Bonchev–Trinajstić information content (AvgIpc) is 3.33. The van der Waals surface area contributed by atoms with Crippen LogP contribution in [0.4, 0.5) is 0 Å². The smallest absolute Gasteiger partial charge is 0.224 e. The average molecular weight is 321 g/mol. The lowest BCUT2D eigenvalue weighted by Crippen LogP contribution is -2.36. The number of aromatic nitrogens is 2. The molecule has 1 saturated carbocycles. The molecule has 4 nitrogen and oxygen atoms in total. The van der Waals surface area contributed by atoms with E-state index < -0.39 is 0 Å². The molecule has 2 aliphatic rings. The maximum atomic E-state index is 12.9. The van der Waals surface area contributed by atoms with Crippen LogP contribution in [0.15, 0.2) is 54.9 Å². The zero-order valence-corrected chi connectivity index (χ0v) is 13.9. The largest absolute Gasteiger partial charge is 0.349 e. The predicted molar refractivity (Wildman–Crippen MR) is 93.1 cm³/mol. The standard InChI is InChI=1S/C20H23N3O/c1-23-10-9-21-19(23)13-18(15-5-3-2-4-6-15)22-20(24)17-12-14-7-8-16(17)11-14/h2-10,14,16-18H,11-13H2,1H3,(H,22,24)/t14-,16-,17-,18-/m0/s1. The summed E-state index contributed by atoms with van der Waals surface area (Å²) < 4.78 is 2.02. The molecule has 24 heavy (non-hydrogen) atoms. The minimum atomic E-state index is -0.0390. The molecule has 0 unspecified atom stereocenters. The van der Waals surface area contributed by atoms with Crippen LogP contribution in [-0.2, 0) is 18.3 Å². The van der Waals surface area contributed by atoms with Crippen molar-refractivity contribution in [1.29, 1.82) is 0 Å². The van der Waals surface area contributed by atoms with E-state index in [0.717, 1.165) is 24.2 Å². The van der Waals surface area contributed by atoms with Gasteiger partial charge in [0.1, 0.15) is 5.82 Å². The number of hydrogen-bond donors (Lipinski definition) is 1. The van der Waals surface area contributed by atoms with E-state index in [9.17, 15) is 4.79 Å². The molecule has 0 saturated heterocycles. The first-order chi connectivity index (χ1) is 11.7. The number of allylic oxidation sites excluding steroid dienone is 2. The number of rotatable bonds is 5. The van der Waals surface area contributed by atoms with Crippen molar-refractivity contribution in [1.82, 2.24) is 14.9 Å². The van der Waals surface area contributed by atoms with E-state index in [4.69, 9.17) is 0 Å². The molecule has 2 aromatic rings. The molecule has 1 heterocycles. The summed E-state index contributed by atoms with van der Waals surface area (Å²) in [4.78, 5) is 17.3. The first-order valence-corrected chi connectivity index (χ1v) is 8.70. The molecule has 0 aliphatic heterocycles. The van der Waals surface area contributed by atoms with Crippen LogP contribution in [-0.4, -0.2) is 15.5 Å². The lowest BCUT2D eigenvalue weighted by molar-refractivity contribution is -0.126. The number of fused-ring (bicyclic) bond motifs is 2. The zero-order chi connectivity index (χ0) is 16.5. The zero-order valence-electron chi connectivity index (χ0n) is 13.9. The van der Waals surface area contributed by atoms with Crippen LogP contribution in [0, 0.1) is 17.8 Å². The van der Waals surface area contributed by atoms with Gasteiger partial charge in [-0.25, -0.2) is 4.98 Å².